The van der Waals surface area contributed by atoms with Crippen LogP contribution in [0.15, 0.2) is 30.3 Å². The minimum absolute atomic E-state index is 0.432. The summed E-state index contributed by atoms with van der Waals surface area (Å²) in [4.78, 5) is 13.6. The van der Waals surface area contributed by atoms with Gasteiger partial charge in [-0.15, -0.1) is 0 Å². The quantitative estimate of drug-likeness (QED) is 0.467. The Hall–Kier alpha value is -2.44. The summed E-state index contributed by atoms with van der Waals surface area (Å²) in [5, 5.41) is 13.2. The summed E-state index contributed by atoms with van der Waals surface area (Å²) in [6.07, 6.45) is 5.37. The van der Waals surface area contributed by atoms with Crippen molar-refractivity contribution in [2.45, 2.75) is 46.2 Å². The number of hydrogen-bond acceptors (Lipinski definition) is 4. The molecule has 1 unspecified atom stereocenters. The van der Waals surface area contributed by atoms with Crippen LogP contribution in [0.2, 0.25) is 0 Å². The SMILES string of the molecule is Cc1nn(CCN2CCCC2c2ccc(/C=C/C(=O)NO)cc2)c(C)c1C. The van der Waals surface area contributed by atoms with E-state index in [-0.39, 0.29) is 0 Å². The van der Waals surface area contributed by atoms with E-state index in [0.29, 0.717) is 6.04 Å². The molecule has 1 aromatic heterocycles. The molecule has 0 spiro atoms. The molecule has 1 atom stereocenters. The number of hydrogen-bond donors (Lipinski definition) is 2. The van der Waals surface area contributed by atoms with Gasteiger partial charge in [0.2, 0.25) is 0 Å². The zero-order valence-electron chi connectivity index (χ0n) is 16.3. The van der Waals surface area contributed by atoms with Crippen LogP contribution in [0.1, 0.15) is 47.0 Å². The smallest absolute Gasteiger partial charge is 0.267 e. The Labute approximate surface area is 160 Å². The highest BCUT2D eigenvalue weighted by atomic mass is 16.5. The van der Waals surface area contributed by atoms with Gasteiger partial charge in [-0.2, -0.15) is 5.10 Å². The molecule has 2 aromatic rings. The van der Waals surface area contributed by atoms with E-state index in [1.807, 2.05) is 12.1 Å². The van der Waals surface area contributed by atoms with Gasteiger partial charge >= 0.3 is 0 Å². The molecule has 1 amide bonds. The topological polar surface area (TPSA) is 70.4 Å². The van der Waals surface area contributed by atoms with Crippen molar-refractivity contribution in [3.63, 3.8) is 0 Å². The summed E-state index contributed by atoms with van der Waals surface area (Å²) in [6, 6.07) is 8.72. The molecule has 6 heteroatoms. The first-order chi connectivity index (χ1) is 13.0. The van der Waals surface area contributed by atoms with E-state index in [0.717, 1.165) is 37.3 Å². The first-order valence-electron chi connectivity index (χ1n) is 9.46. The minimum Gasteiger partial charge on any atom is -0.294 e. The Bertz CT molecular complexity index is 823. The van der Waals surface area contributed by atoms with Gasteiger partial charge in [-0.25, -0.2) is 5.48 Å². The summed E-state index contributed by atoms with van der Waals surface area (Å²) in [7, 11) is 0. The Balaban J connectivity index is 1.64. The summed E-state index contributed by atoms with van der Waals surface area (Å²) in [6.45, 7) is 9.35. The van der Waals surface area contributed by atoms with Crippen molar-refractivity contribution in [2.24, 2.45) is 0 Å². The Morgan fingerprint density at radius 1 is 1.26 bits per heavy atom. The highest BCUT2D eigenvalue weighted by Gasteiger charge is 2.25. The van der Waals surface area contributed by atoms with Gasteiger partial charge in [-0.1, -0.05) is 24.3 Å². The van der Waals surface area contributed by atoms with Gasteiger partial charge in [0.05, 0.1) is 12.2 Å². The molecule has 6 nitrogen and oxygen atoms in total. The summed E-state index contributed by atoms with van der Waals surface area (Å²) < 4.78 is 2.13. The number of hydroxylamine groups is 1. The van der Waals surface area contributed by atoms with Crippen LogP contribution in [0.25, 0.3) is 6.08 Å². The molecule has 1 aliphatic rings. The molecule has 144 valence electrons. The van der Waals surface area contributed by atoms with Gasteiger partial charge in [0.15, 0.2) is 0 Å². The molecule has 1 aromatic carbocycles. The van der Waals surface area contributed by atoms with Crippen molar-refractivity contribution in [1.29, 1.82) is 0 Å². The molecule has 0 saturated carbocycles. The number of aryl methyl sites for hydroxylation is 1. The molecule has 1 saturated heterocycles. The monoisotopic (exact) mass is 368 g/mol. The van der Waals surface area contributed by atoms with Crippen LogP contribution < -0.4 is 5.48 Å². The second-order valence-electron chi connectivity index (χ2n) is 7.19. The van der Waals surface area contributed by atoms with Crippen LogP contribution >= 0.6 is 0 Å². The van der Waals surface area contributed by atoms with Crippen LogP contribution in [-0.4, -0.2) is 38.9 Å². The van der Waals surface area contributed by atoms with Crippen molar-refractivity contribution in [3.8, 4) is 0 Å². The number of amides is 1. The van der Waals surface area contributed by atoms with Gasteiger partial charge in [-0.05, 0) is 62.9 Å². The van der Waals surface area contributed by atoms with Crippen molar-refractivity contribution in [3.05, 3.63) is 58.4 Å². The number of rotatable bonds is 6. The molecule has 2 heterocycles. The number of likely N-dealkylation sites (tertiary alicyclic amines) is 1. The first kappa shape index (κ1) is 19.3. The highest BCUT2D eigenvalue weighted by molar-refractivity contribution is 5.90. The van der Waals surface area contributed by atoms with E-state index in [9.17, 15) is 4.79 Å². The number of benzene rings is 1. The predicted octanol–water partition coefficient (Wildman–Crippen LogP) is 3.16. The fraction of sp³-hybridized carbons (Fsp3) is 0.429. The molecule has 0 bridgehead atoms. The molecule has 0 aliphatic carbocycles. The zero-order chi connectivity index (χ0) is 19.4. The first-order valence-corrected chi connectivity index (χ1v) is 9.46. The molecule has 1 aliphatic heterocycles. The normalized spacial score (nSPS) is 17.7. The minimum atomic E-state index is -0.527. The Morgan fingerprint density at radius 3 is 2.63 bits per heavy atom. The molecule has 2 N–H and O–H groups in total. The molecule has 27 heavy (non-hydrogen) atoms. The second-order valence-corrected chi connectivity index (χ2v) is 7.19. The maximum absolute atomic E-state index is 11.1. The lowest BCUT2D eigenvalue weighted by atomic mass is 10.0. The van der Waals surface area contributed by atoms with E-state index in [2.05, 4.69) is 47.6 Å². The fourth-order valence-electron chi connectivity index (χ4n) is 3.74. The van der Waals surface area contributed by atoms with Crippen LogP contribution in [0.4, 0.5) is 0 Å². The zero-order valence-corrected chi connectivity index (χ0v) is 16.3. The number of carbonyl (C=O) groups is 1. The maximum atomic E-state index is 11.1. The van der Waals surface area contributed by atoms with E-state index in [4.69, 9.17) is 5.21 Å². The van der Waals surface area contributed by atoms with E-state index >= 15 is 0 Å². The maximum Gasteiger partial charge on any atom is 0.267 e. The van der Waals surface area contributed by atoms with Crippen LogP contribution in [0, 0.1) is 20.8 Å². The van der Waals surface area contributed by atoms with Crippen LogP contribution in [0.3, 0.4) is 0 Å². The molecule has 1 fully saturated rings. The molecule has 3 rings (SSSR count). The third kappa shape index (κ3) is 4.46. The second kappa shape index (κ2) is 8.50. The Morgan fingerprint density at radius 2 is 2.00 bits per heavy atom. The average Bonchev–Trinajstić information content (AvgIpc) is 3.25. The van der Waals surface area contributed by atoms with Gasteiger partial charge < -0.3 is 0 Å². The van der Waals surface area contributed by atoms with Crippen LogP contribution in [-0.2, 0) is 11.3 Å². The lowest BCUT2D eigenvalue weighted by molar-refractivity contribution is -0.124. The van der Waals surface area contributed by atoms with E-state index < -0.39 is 5.91 Å². The summed E-state index contributed by atoms with van der Waals surface area (Å²) >= 11 is 0. The molecular weight excluding hydrogens is 340 g/mol. The molecule has 0 radical (unpaired) electrons. The lowest BCUT2D eigenvalue weighted by Gasteiger charge is -2.25. The number of nitrogens with one attached hydrogen (secondary N) is 1. The van der Waals surface area contributed by atoms with Gasteiger partial charge in [0.25, 0.3) is 5.91 Å². The summed E-state index contributed by atoms with van der Waals surface area (Å²) in [5.74, 6) is -0.527. The standard InChI is InChI=1S/C21H28N4O2/c1-15-16(2)22-25(17(15)3)14-13-24-12-4-5-20(24)19-9-6-18(7-10-19)8-11-21(26)23-27/h6-11,20,27H,4-5,12-14H2,1-3H3,(H,23,26)/b11-8+. The number of carbonyl (C=O) groups excluding carboxylic acids is 1. The largest absolute Gasteiger partial charge is 0.294 e. The van der Waals surface area contributed by atoms with E-state index in [1.54, 1.807) is 11.6 Å². The van der Waals surface area contributed by atoms with Gasteiger partial charge in [0, 0.05) is 24.4 Å². The van der Waals surface area contributed by atoms with Gasteiger partial charge in [0.1, 0.15) is 0 Å². The number of aromatic nitrogens is 2. The number of nitrogens with zero attached hydrogens (tertiary/aromatic N) is 3. The predicted molar refractivity (Wildman–Crippen MR) is 105 cm³/mol. The van der Waals surface area contributed by atoms with Crippen molar-refractivity contribution < 1.29 is 10.0 Å². The summed E-state index contributed by atoms with van der Waals surface area (Å²) in [5.41, 5.74) is 7.49. The van der Waals surface area contributed by atoms with Crippen molar-refractivity contribution in [1.82, 2.24) is 20.2 Å². The van der Waals surface area contributed by atoms with Crippen molar-refractivity contribution in [2.75, 3.05) is 13.1 Å². The third-order valence-corrected chi connectivity index (χ3v) is 5.56. The Kier molecular flexibility index (Phi) is 6.08. The third-order valence-electron chi connectivity index (χ3n) is 5.56. The van der Waals surface area contributed by atoms with Crippen LogP contribution in [0.5, 0.6) is 0 Å². The van der Waals surface area contributed by atoms with Gasteiger partial charge in [-0.3, -0.25) is 19.6 Å². The highest BCUT2D eigenvalue weighted by Crippen LogP contribution is 2.32. The fourth-order valence-corrected chi connectivity index (χ4v) is 3.74. The lowest BCUT2D eigenvalue weighted by Crippen LogP contribution is -2.27. The van der Waals surface area contributed by atoms with Crippen molar-refractivity contribution >= 4 is 12.0 Å². The average molecular weight is 368 g/mol. The molecular formula is C21H28N4O2. The van der Waals surface area contributed by atoms with E-state index in [1.165, 1.54) is 29.3 Å².